The van der Waals surface area contributed by atoms with E-state index in [1.54, 1.807) is 18.3 Å². The second-order valence-corrected chi connectivity index (χ2v) is 4.17. The summed E-state index contributed by atoms with van der Waals surface area (Å²) < 4.78 is 0. The summed E-state index contributed by atoms with van der Waals surface area (Å²) in [6.45, 7) is 2.42. The van der Waals surface area contributed by atoms with Gasteiger partial charge in [-0.1, -0.05) is 6.92 Å². The van der Waals surface area contributed by atoms with Crippen molar-refractivity contribution in [1.29, 1.82) is 0 Å². The minimum Gasteiger partial charge on any atom is -0.396 e. The minimum atomic E-state index is -0.131. The van der Waals surface area contributed by atoms with E-state index in [4.69, 9.17) is 5.11 Å². The first kappa shape index (κ1) is 11.6. The van der Waals surface area contributed by atoms with Gasteiger partial charge in [0, 0.05) is 24.1 Å². The maximum atomic E-state index is 11.8. The largest absolute Gasteiger partial charge is 0.396 e. The standard InChI is InChI=1S/C12H15N3O2/c1-8(7-16)5-13-12(17)9-2-3-11-10(4-9)6-14-15-11/h2-4,6,8,16H,5,7H2,1H3,(H,13,17)(H,14,15). The predicted molar refractivity (Wildman–Crippen MR) is 64.7 cm³/mol. The number of aliphatic hydroxyl groups is 1. The van der Waals surface area contributed by atoms with Gasteiger partial charge in [0.25, 0.3) is 5.91 Å². The van der Waals surface area contributed by atoms with Gasteiger partial charge >= 0.3 is 0 Å². The first-order valence-corrected chi connectivity index (χ1v) is 5.53. The number of hydrogen-bond donors (Lipinski definition) is 3. The molecule has 90 valence electrons. The van der Waals surface area contributed by atoms with Crippen LogP contribution < -0.4 is 5.32 Å². The van der Waals surface area contributed by atoms with Crippen LogP contribution in [0.25, 0.3) is 10.9 Å². The summed E-state index contributed by atoms with van der Waals surface area (Å²) in [7, 11) is 0. The van der Waals surface area contributed by atoms with Gasteiger partial charge in [-0.2, -0.15) is 5.10 Å². The molecule has 0 saturated carbocycles. The average Bonchev–Trinajstić information content (AvgIpc) is 2.82. The van der Waals surface area contributed by atoms with Gasteiger partial charge in [0.15, 0.2) is 0 Å². The Morgan fingerprint density at radius 1 is 1.59 bits per heavy atom. The molecule has 0 aliphatic rings. The van der Waals surface area contributed by atoms with E-state index < -0.39 is 0 Å². The monoisotopic (exact) mass is 233 g/mol. The van der Waals surface area contributed by atoms with Crippen LogP contribution in [0.1, 0.15) is 17.3 Å². The highest BCUT2D eigenvalue weighted by Gasteiger charge is 2.08. The topological polar surface area (TPSA) is 78.0 Å². The molecule has 2 aromatic rings. The van der Waals surface area contributed by atoms with Crippen molar-refractivity contribution in [3.63, 3.8) is 0 Å². The van der Waals surface area contributed by atoms with Crippen LogP contribution in [0, 0.1) is 5.92 Å². The van der Waals surface area contributed by atoms with Gasteiger partial charge in [0.2, 0.25) is 0 Å². The SMILES string of the molecule is CC(CO)CNC(=O)c1ccc2[nH]ncc2c1. The first-order valence-electron chi connectivity index (χ1n) is 5.53. The molecule has 0 bridgehead atoms. The molecule has 0 spiro atoms. The van der Waals surface area contributed by atoms with E-state index in [0.29, 0.717) is 12.1 Å². The second-order valence-electron chi connectivity index (χ2n) is 4.17. The Morgan fingerprint density at radius 3 is 3.18 bits per heavy atom. The number of aromatic nitrogens is 2. The summed E-state index contributed by atoms with van der Waals surface area (Å²) in [5.74, 6) is -0.0648. The minimum absolute atomic E-state index is 0.0663. The number of amides is 1. The van der Waals surface area contributed by atoms with Crippen LogP contribution in [0.15, 0.2) is 24.4 Å². The van der Waals surface area contributed by atoms with Crippen LogP contribution in [0.4, 0.5) is 0 Å². The summed E-state index contributed by atoms with van der Waals surface area (Å²) in [6, 6.07) is 5.37. The van der Waals surface area contributed by atoms with E-state index in [1.807, 2.05) is 13.0 Å². The summed E-state index contributed by atoms with van der Waals surface area (Å²) >= 11 is 0. The number of carbonyl (C=O) groups excluding carboxylic acids is 1. The van der Waals surface area contributed by atoms with Gasteiger partial charge in [0.1, 0.15) is 0 Å². The molecule has 5 heteroatoms. The Kier molecular flexibility index (Phi) is 3.39. The molecular formula is C12H15N3O2. The van der Waals surface area contributed by atoms with E-state index >= 15 is 0 Å². The summed E-state index contributed by atoms with van der Waals surface area (Å²) in [5, 5.41) is 19.3. The van der Waals surface area contributed by atoms with Crippen LogP contribution >= 0.6 is 0 Å². The van der Waals surface area contributed by atoms with E-state index in [1.165, 1.54) is 0 Å². The van der Waals surface area contributed by atoms with Crippen LogP contribution in [0.3, 0.4) is 0 Å². The van der Waals surface area contributed by atoms with Crippen molar-refractivity contribution in [3.05, 3.63) is 30.0 Å². The summed E-state index contributed by atoms with van der Waals surface area (Å²) in [5.41, 5.74) is 1.51. The van der Waals surface area contributed by atoms with Crippen LogP contribution in [-0.2, 0) is 0 Å². The number of nitrogens with one attached hydrogen (secondary N) is 2. The average molecular weight is 233 g/mol. The molecule has 5 nitrogen and oxygen atoms in total. The van der Waals surface area contributed by atoms with E-state index in [9.17, 15) is 4.79 Å². The highest BCUT2D eigenvalue weighted by atomic mass is 16.3. The van der Waals surface area contributed by atoms with Gasteiger partial charge in [-0.15, -0.1) is 0 Å². The number of benzene rings is 1. The van der Waals surface area contributed by atoms with Crippen molar-refractivity contribution in [2.45, 2.75) is 6.92 Å². The van der Waals surface area contributed by atoms with Gasteiger partial charge in [-0.05, 0) is 24.1 Å². The molecule has 0 radical (unpaired) electrons. The Balaban J connectivity index is 2.08. The third-order valence-electron chi connectivity index (χ3n) is 2.63. The maximum Gasteiger partial charge on any atom is 0.251 e. The fraction of sp³-hybridized carbons (Fsp3) is 0.333. The molecule has 0 aliphatic carbocycles. The van der Waals surface area contributed by atoms with Gasteiger partial charge in [-0.3, -0.25) is 9.89 Å². The number of fused-ring (bicyclic) bond motifs is 1. The fourth-order valence-electron chi connectivity index (χ4n) is 1.52. The van der Waals surface area contributed by atoms with E-state index in [0.717, 1.165) is 10.9 Å². The van der Waals surface area contributed by atoms with Crippen LogP contribution in [0.2, 0.25) is 0 Å². The first-order chi connectivity index (χ1) is 8.20. The van der Waals surface area contributed by atoms with Crippen molar-refractivity contribution in [2.24, 2.45) is 5.92 Å². The Morgan fingerprint density at radius 2 is 2.41 bits per heavy atom. The lowest BCUT2D eigenvalue weighted by Crippen LogP contribution is -2.29. The number of aliphatic hydroxyl groups excluding tert-OH is 1. The van der Waals surface area contributed by atoms with E-state index in [-0.39, 0.29) is 18.4 Å². The van der Waals surface area contributed by atoms with Crippen molar-refractivity contribution in [2.75, 3.05) is 13.2 Å². The fourth-order valence-corrected chi connectivity index (χ4v) is 1.52. The van der Waals surface area contributed by atoms with Crippen molar-refractivity contribution in [3.8, 4) is 0 Å². The van der Waals surface area contributed by atoms with Crippen molar-refractivity contribution >= 4 is 16.8 Å². The molecule has 1 atom stereocenters. The maximum absolute atomic E-state index is 11.8. The molecule has 0 saturated heterocycles. The third-order valence-corrected chi connectivity index (χ3v) is 2.63. The Bertz CT molecular complexity index is 521. The Hall–Kier alpha value is -1.88. The van der Waals surface area contributed by atoms with Gasteiger partial charge in [0.05, 0.1) is 11.7 Å². The zero-order valence-corrected chi connectivity index (χ0v) is 9.60. The number of carbonyl (C=O) groups is 1. The van der Waals surface area contributed by atoms with Crippen LogP contribution in [0.5, 0.6) is 0 Å². The second kappa shape index (κ2) is 4.97. The van der Waals surface area contributed by atoms with Crippen molar-refractivity contribution < 1.29 is 9.90 Å². The smallest absolute Gasteiger partial charge is 0.251 e. The lowest BCUT2D eigenvalue weighted by molar-refractivity contribution is 0.0942. The van der Waals surface area contributed by atoms with Gasteiger partial charge in [-0.25, -0.2) is 0 Å². The van der Waals surface area contributed by atoms with Crippen molar-refractivity contribution in [1.82, 2.24) is 15.5 Å². The molecular weight excluding hydrogens is 218 g/mol. The molecule has 1 unspecified atom stereocenters. The quantitative estimate of drug-likeness (QED) is 0.734. The zero-order chi connectivity index (χ0) is 12.3. The molecule has 0 aliphatic heterocycles. The molecule has 1 heterocycles. The zero-order valence-electron chi connectivity index (χ0n) is 9.60. The number of rotatable bonds is 4. The van der Waals surface area contributed by atoms with Gasteiger partial charge < -0.3 is 10.4 Å². The number of hydrogen-bond acceptors (Lipinski definition) is 3. The summed E-state index contributed by atoms with van der Waals surface area (Å²) in [4.78, 5) is 11.8. The lowest BCUT2D eigenvalue weighted by atomic mass is 10.1. The highest BCUT2D eigenvalue weighted by molar-refractivity contribution is 5.97. The molecule has 1 amide bonds. The molecule has 3 N–H and O–H groups in total. The lowest BCUT2D eigenvalue weighted by Gasteiger charge is -2.09. The predicted octanol–water partition coefficient (Wildman–Crippen LogP) is 0.921. The molecule has 2 rings (SSSR count). The molecule has 17 heavy (non-hydrogen) atoms. The third kappa shape index (κ3) is 2.62. The molecule has 1 aromatic carbocycles. The number of nitrogens with zero attached hydrogens (tertiary/aromatic N) is 1. The molecule has 0 fully saturated rings. The van der Waals surface area contributed by atoms with E-state index in [2.05, 4.69) is 15.5 Å². The number of H-pyrrole nitrogens is 1. The Labute approximate surface area is 98.8 Å². The number of aromatic amines is 1. The van der Waals surface area contributed by atoms with Crippen LogP contribution in [-0.4, -0.2) is 34.4 Å². The summed E-state index contributed by atoms with van der Waals surface area (Å²) in [6.07, 6.45) is 1.68. The normalized spacial score (nSPS) is 12.6. The molecule has 1 aromatic heterocycles. The highest BCUT2D eigenvalue weighted by Crippen LogP contribution is 2.12.